The van der Waals surface area contributed by atoms with Crippen LogP contribution in [0.3, 0.4) is 0 Å². The molecule has 1 atom stereocenters. The molecule has 23 heavy (non-hydrogen) atoms. The van der Waals surface area contributed by atoms with Gasteiger partial charge in [-0.3, -0.25) is 4.98 Å². The van der Waals surface area contributed by atoms with Crippen LogP contribution in [0.2, 0.25) is 0 Å². The van der Waals surface area contributed by atoms with Crippen molar-refractivity contribution in [3.8, 4) is 16.9 Å². The lowest BCUT2D eigenvalue weighted by Gasteiger charge is -2.22. The Hall–Kier alpha value is -2.40. The van der Waals surface area contributed by atoms with E-state index in [0.717, 1.165) is 47.2 Å². The van der Waals surface area contributed by atoms with E-state index in [4.69, 9.17) is 9.47 Å². The summed E-state index contributed by atoms with van der Waals surface area (Å²) in [5.41, 5.74) is 3.05. The van der Waals surface area contributed by atoms with E-state index < -0.39 is 0 Å². The van der Waals surface area contributed by atoms with E-state index in [1.807, 2.05) is 23.0 Å². The zero-order valence-electron chi connectivity index (χ0n) is 13.1. The Bertz CT molecular complexity index is 822. The number of hydrogen-bond acceptors (Lipinski definition) is 4. The molecule has 3 heterocycles. The summed E-state index contributed by atoms with van der Waals surface area (Å²) in [7, 11) is 1.67. The summed E-state index contributed by atoms with van der Waals surface area (Å²) in [6, 6.07) is 8.03. The van der Waals surface area contributed by atoms with Crippen molar-refractivity contribution in [3.63, 3.8) is 0 Å². The first-order valence-electron chi connectivity index (χ1n) is 7.94. The highest BCUT2D eigenvalue weighted by molar-refractivity contribution is 5.97. The van der Waals surface area contributed by atoms with Crippen LogP contribution in [0.5, 0.6) is 5.75 Å². The van der Waals surface area contributed by atoms with E-state index >= 15 is 0 Å². The first-order chi connectivity index (χ1) is 11.4. The summed E-state index contributed by atoms with van der Waals surface area (Å²) in [5, 5.41) is 5.57. The van der Waals surface area contributed by atoms with Crippen LogP contribution in [0.15, 0.2) is 42.9 Å². The lowest BCUT2D eigenvalue weighted by molar-refractivity contribution is -0.0394. The maximum Gasteiger partial charge on any atom is 0.150 e. The van der Waals surface area contributed by atoms with Gasteiger partial charge in [0, 0.05) is 30.0 Å². The Morgan fingerprint density at radius 2 is 2.22 bits per heavy atom. The molecule has 5 heteroatoms. The minimum absolute atomic E-state index is 0.0557. The van der Waals surface area contributed by atoms with Crippen LogP contribution in [0.1, 0.15) is 25.5 Å². The molecule has 0 saturated carbocycles. The number of benzene rings is 1. The van der Waals surface area contributed by atoms with Gasteiger partial charge in [-0.1, -0.05) is 6.07 Å². The molecule has 118 valence electrons. The van der Waals surface area contributed by atoms with Crippen molar-refractivity contribution >= 4 is 10.9 Å². The van der Waals surface area contributed by atoms with Crippen molar-refractivity contribution in [2.75, 3.05) is 13.7 Å². The van der Waals surface area contributed by atoms with Crippen LogP contribution in [-0.4, -0.2) is 28.5 Å². The third-order valence-corrected chi connectivity index (χ3v) is 4.32. The van der Waals surface area contributed by atoms with Crippen LogP contribution in [0.4, 0.5) is 0 Å². The van der Waals surface area contributed by atoms with E-state index in [0.29, 0.717) is 0 Å². The molecular weight excluding hydrogens is 290 g/mol. The molecule has 0 N–H and O–H groups in total. The highest BCUT2D eigenvalue weighted by Gasteiger charge is 2.17. The molecule has 0 radical (unpaired) electrons. The summed E-state index contributed by atoms with van der Waals surface area (Å²) >= 11 is 0. The predicted octanol–water partition coefficient (Wildman–Crippen LogP) is 3.81. The van der Waals surface area contributed by atoms with E-state index in [1.165, 1.54) is 6.42 Å². The standard InChI is InChI=1S/C18H19N3O2/c1-22-16-8-7-14(15-5-4-9-19-18(15)16)13-11-20-21(12-13)17-6-2-3-10-23-17/h4-5,7-9,11-12,17H,2-3,6,10H2,1H3. The maximum atomic E-state index is 5.81. The summed E-state index contributed by atoms with van der Waals surface area (Å²) in [4.78, 5) is 4.46. The molecule has 1 aliphatic rings. The Balaban J connectivity index is 1.76. The number of rotatable bonds is 3. The molecule has 1 aromatic carbocycles. The average Bonchev–Trinajstić information content (AvgIpc) is 3.11. The van der Waals surface area contributed by atoms with Crippen LogP contribution in [-0.2, 0) is 4.74 Å². The Morgan fingerprint density at radius 1 is 1.26 bits per heavy atom. The molecule has 0 amide bonds. The van der Waals surface area contributed by atoms with Gasteiger partial charge in [-0.2, -0.15) is 5.10 Å². The van der Waals surface area contributed by atoms with E-state index in [-0.39, 0.29) is 6.23 Å². The highest BCUT2D eigenvalue weighted by atomic mass is 16.5. The number of aromatic nitrogens is 3. The normalized spacial score (nSPS) is 18.2. The Kier molecular flexibility index (Phi) is 3.71. The molecule has 1 aliphatic heterocycles. The molecule has 3 aromatic rings. The fraction of sp³-hybridized carbons (Fsp3) is 0.333. The van der Waals surface area contributed by atoms with E-state index in [1.54, 1.807) is 13.3 Å². The minimum Gasteiger partial charge on any atom is -0.494 e. The largest absolute Gasteiger partial charge is 0.494 e. The number of fused-ring (bicyclic) bond motifs is 1. The van der Waals surface area contributed by atoms with Crippen molar-refractivity contribution in [1.29, 1.82) is 0 Å². The molecule has 1 saturated heterocycles. The molecule has 1 fully saturated rings. The number of pyridine rings is 1. The molecule has 2 aromatic heterocycles. The molecule has 0 aliphatic carbocycles. The van der Waals surface area contributed by atoms with E-state index in [9.17, 15) is 0 Å². The van der Waals surface area contributed by atoms with Crippen LogP contribution in [0.25, 0.3) is 22.0 Å². The molecule has 0 spiro atoms. The fourth-order valence-electron chi connectivity index (χ4n) is 3.13. The van der Waals surface area contributed by atoms with Crippen LogP contribution in [0, 0.1) is 0 Å². The highest BCUT2D eigenvalue weighted by Crippen LogP contribution is 2.33. The first kappa shape index (κ1) is 14.2. The molecule has 5 nitrogen and oxygen atoms in total. The third kappa shape index (κ3) is 2.57. The number of ether oxygens (including phenoxy) is 2. The third-order valence-electron chi connectivity index (χ3n) is 4.32. The van der Waals surface area contributed by atoms with Gasteiger partial charge in [0.2, 0.25) is 0 Å². The second-order valence-corrected chi connectivity index (χ2v) is 5.75. The number of methoxy groups -OCH3 is 1. The molecule has 0 bridgehead atoms. The topological polar surface area (TPSA) is 49.2 Å². The SMILES string of the molecule is COc1ccc(-c2cnn(C3CCCCO3)c2)c2cccnc12. The zero-order chi connectivity index (χ0) is 15.6. The summed E-state index contributed by atoms with van der Waals surface area (Å²) in [5.74, 6) is 0.785. The second-order valence-electron chi connectivity index (χ2n) is 5.75. The van der Waals surface area contributed by atoms with Gasteiger partial charge in [-0.15, -0.1) is 0 Å². The van der Waals surface area contributed by atoms with E-state index in [2.05, 4.69) is 28.4 Å². The lowest BCUT2D eigenvalue weighted by Crippen LogP contribution is -2.18. The monoisotopic (exact) mass is 309 g/mol. The van der Waals surface area contributed by atoms with Gasteiger partial charge in [0.1, 0.15) is 17.5 Å². The smallest absolute Gasteiger partial charge is 0.150 e. The van der Waals surface area contributed by atoms with Crippen molar-refractivity contribution in [2.45, 2.75) is 25.5 Å². The Morgan fingerprint density at radius 3 is 3.04 bits per heavy atom. The van der Waals surface area contributed by atoms with Gasteiger partial charge < -0.3 is 9.47 Å². The number of hydrogen-bond donors (Lipinski definition) is 0. The maximum absolute atomic E-state index is 5.81. The van der Waals surface area contributed by atoms with Gasteiger partial charge >= 0.3 is 0 Å². The first-order valence-corrected chi connectivity index (χ1v) is 7.94. The Labute approximate surface area is 134 Å². The van der Waals surface area contributed by atoms with Crippen molar-refractivity contribution in [3.05, 3.63) is 42.9 Å². The minimum atomic E-state index is 0.0557. The van der Waals surface area contributed by atoms with Crippen molar-refractivity contribution in [1.82, 2.24) is 14.8 Å². The zero-order valence-corrected chi connectivity index (χ0v) is 13.1. The fourth-order valence-corrected chi connectivity index (χ4v) is 3.13. The van der Waals surface area contributed by atoms with Crippen molar-refractivity contribution < 1.29 is 9.47 Å². The lowest BCUT2D eigenvalue weighted by atomic mass is 10.0. The predicted molar refractivity (Wildman–Crippen MR) is 88.4 cm³/mol. The average molecular weight is 309 g/mol. The molecular formula is C18H19N3O2. The van der Waals surface area contributed by atoms with Gasteiger partial charge in [-0.05, 0) is 43.0 Å². The van der Waals surface area contributed by atoms with Crippen molar-refractivity contribution in [2.24, 2.45) is 0 Å². The summed E-state index contributed by atoms with van der Waals surface area (Å²) < 4.78 is 13.2. The van der Waals surface area contributed by atoms with Gasteiger partial charge in [0.25, 0.3) is 0 Å². The quantitative estimate of drug-likeness (QED) is 0.738. The summed E-state index contributed by atoms with van der Waals surface area (Å²) in [6.45, 7) is 0.815. The molecule has 4 rings (SSSR count). The molecule has 1 unspecified atom stereocenters. The second kappa shape index (κ2) is 6.01. The van der Waals surface area contributed by atoms with Gasteiger partial charge in [-0.25, -0.2) is 4.68 Å². The van der Waals surface area contributed by atoms with Gasteiger partial charge in [0.15, 0.2) is 0 Å². The van der Waals surface area contributed by atoms with Crippen LogP contribution >= 0.6 is 0 Å². The van der Waals surface area contributed by atoms with Gasteiger partial charge in [0.05, 0.1) is 13.3 Å². The summed E-state index contributed by atoms with van der Waals surface area (Å²) in [6.07, 6.45) is 9.14. The van der Waals surface area contributed by atoms with Crippen LogP contribution < -0.4 is 4.74 Å². The number of nitrogens with zero attached hydrogens (tertiary/aromatic N) is 3.